The van der Waals surface area contributed by atoms with Crippen LogP contribution in [0.1, 0.15) is 114 Å². The van der Waals surface area contributed by atoms with Crippen LogP contribution in [0.2, 0.25) is 16.6 Å². The third-order valence-electron chi connectivity index (χ3n) is 14.4. The molecular formula is C54H70FN7O5Si. The van der Waals surface area contributed by atoms with Gasteiger partial charge in [0.15, 0.2) is 5.82 Å². The van der Waals surface area contributed by atoms with E-state index >= 15 is 4.39 Å². The minimum atomic E-state index is -2.22. The zero-order valence-corrected chi connectivity index (χ0v) is 43.2. The number of nitrogens with one attached hydrogen (secondary N) is 1. The molecule has 0 spiro atoms. The fraction of sp³-hybridized carbons (Fsp3) is 0.537. The Balaban J connectivity index is 1.28. The molecule has 4 fully saturated rings. The second kappa shape index (κ2) is 18.1. The van der Waals surface area contributed by atoms with Crippen molar-refractivity contribution in [1.29, 1.82) is 0 Å². The van der Waals surface area contributed by atoms with E-state index in [2.05, 4.69) is 81.3 Å². The van der Waals surface area contributed by atoms with Gasteiger partial charge in [0, 0.05) is 54.3 Å². The molecule has 0 radical (unpaired) electrons. The van der Waals surface area contributed by atoms with Gasteiger partial charge in [-0.25, -0.2) is 14.0 Å². The van der Waals surface area contributed by atoms with Gasteiger partial charge in [0.05, 0.1) is 28.7 Å². The third kappa shape index (κ3) is 9.32. The van der Waals surface area contributed by atoms with E-state index in [0.717, 1.165) is 49.9 Å². The normalized spacial score (nSPS) is 19.6. The van der Waals surface area contributed by atoms with Crippen molar-refractivity contribution in [3.8, 4) is 28.7 Å². The van der Waals surface area contributed by atoms with Crippen LogP contribution in [0.15, 0.2) is 60.8 Å². The number of hydrogen-bond acceptors (Lipinski definition) is 10. The van der Waals surface area contributed by atoms with Crippen LogP contribution in [-0.2, 0) is 9.47 Å². The van der Waals surface area contributed by atoms with Crippen LogP contribution < -0.4 is 15.0 Å². The maximum atomic E-state index is 18.0. The number of benzene rings is 2. The van der Waals surface area contributed by atoms with Gasteiger partial charge in [-0.1, -0.05) is 83.9 Å². The summed E-state index contributed by atoms with van der Waals surface area (Å²) in [5.74, 6) is 3.50. The molecule has 12 nitrogen and oxygen atoms in total. The average molecular weight is 944 g/mol. The Kier molecular flexibility index (Phi) is 13.0. The first kappa shape index (κ1) is 48.9. The average Bonchev–Trinajstić information content (AvgIpc) is 3.80. The number of carbonyl (C=O) groups excluding carboxylic acids is 2. The van der Waals surface area contributed by atoms with E-state index < -0.39 is 31.2 Å². The highest BCUT2D eigenvalue weighted by Crippen LogP contribution is 2.45. The minimum absolute atomic E-state index is 0.0560. The summed E-state index contributed by atoms with van der Waals surface area (Å²) in [6.07, 6.45) is 3.86. The molecule has 68 heavy (non-hydrogen) atoms. The Bertz CT molecular complexity index is 2690. The van der Waals surface area contributed by atoms with Gasteiger partial charge in [-0.3, -0.25) is 20.1 Å². The molecule has 4 aromatic rings. The van der Waals surface area contributed by atoms with Gasteiger partial charge in [-0.15, -0.1) is 5.54 Å². The number of piperazine rings is 1. The van der Waals surface area contributed by atoms with Crippen molar-refractivity contribution in [2.24, 2.45) is 0 Å². The van der Waals surface area contributed by atoms with E-state index in [1.165, 1.54) is 0 Å². The van der Waals surface area contributed by atoms with Gasteiger partial charge in [0.25, 0.3) is 0 Å². The second-order valence-electron chi connectivity index (χ2n) is 22.6. The van der Waals surface area contributed by atoms with Crippen LogP contribution in [0.25, 0.3) is 32.9 Å². The highest BCUT2D eigenvalue weighted by Gasteiger charge is 2.49. The zero-order valence-electron chi connectivity index (χ0n) is 42.2. The topological polar surface area (TPSA) is 122 Å². The molecule has 4 saturated heterocycles. The van der Waals surface area contributed by atoms with E-state index in [1.54, 1.807) is 18.3 Å². The van der Waals surface area contributed by atoms with Crippen molar-refractivity contribution in [1.82, 2.24) is 24.8 Å². The minimum Gasteiger partial charge on any atom is -0.461 e. The van der Waals surface area contributed by atoms with Crippen molar-refractivity contribution in [2.45, 2.75) is 154 Å². The summed E-state index contributed by atoms with van der Waals surface area (Å²) in [4.78, 5) is 47.9. The smallest absolute Gasteiger partial charge is 0.412 e. The summed E-state index contributed by atoms with van der Waals surface area (Å²) in [7, 11) is -2.22. The van der Waals surface area contributed by atoms with Crippen LogP contribution in [0.4, 0.5) is 25.5 Å². The highest BCUT2D eigenvalue weighted by atomic mass is 28.3. The molecule has 2 aromatic heterocycles. The Hall–Kier alpha value is -5.52. The first-order valence-electron chi connectivity index (χ1n) is 24.3. The zero-order chi connectivity index (χ0) is 49.2. The van der Waals surface area contributed by atoms with E-state index in [9.17, 15) is 9.59 Å². The Labute approximate surface area is 403 Å². The maximum Gasteiger partial charge on any atom is 0.412 e. The number of aromatic nitrogens is 3. The lowest BCUT2D eigenvalue weighted by molar-refractivity contribution is 0.0122. The third-order valence-corrected chi connectivity index (χ3v) is 20.7. The maximum absolute atomic E-state index is 18.0. The lowest BCUT2D eigenvalue weighted by atomic mass is 9.92. The van der Waals surface area contributed by atoms with Crippen LogP contribution in [0, 0.1) is 17.3 Å². The highest BCUT2D eigenvalue weighted by molar-refractivity contribution is 6.90. The van der Waals surface area contributed by atoms with Crippen LogP contribution in [-0.4, -0.2) is 107 Å². The number of fused-ring (bicyclic) bond motifs is 5. The fourth-order valence-corrected chi connectivity index (χ4v) is 16.9. The lowest BCUT2D eigenvalue weighted by Gasteiger charge is -2.42. The predicted molar refractivity (Wildman–Crippen MR) is 272 cm³/mol. The van der Waals surface area contributed by atoms with E-state index in [-0.39, 0.29) is 47.5 Å². The number of amides is 2. The second-order valence-corrected chi connectivity index (χ2v) is 28.2. The van der Waals surface area contributed by atoms with E-state index in [4.69, 9.17) is 29.2 Å². The predicted octanol–water partition coefficient (Wildman–Crippen LogP) is 11.8. The molecule has 1 N–H and O–H groups in total. The molecule has 4 aliphatic rings. The van der Waals surface area contributed by atoms with Gasteiger partial charge in [-0.2, -0.15) is 9.97 Å². The molecule has 2 unspecified atom stereocenters. The molecule has 2 aromatic carbocycles. The first-order valence-corrected chi connectivity index (χ1v) is 26.6. The van der Waals surface area contributed by atoms with E-state index in [0.29, 0.717) is 68.5 Å². The van der Waals surface area contributed by atoms with E-state index in [1.807, 2.05) is 64.6 Å². The summed E-state index contributed by atoms with van der Waals surface area (Å²) >= 11 is 0. The molecule has 362 valence electrons. The molecule has 0 saturated carbocycles. The standard InChI is InChI=1S/C54H70FN7O5Si/c1-32(2)68(33(3)4,34(5)6)23-22-37-16-15-17-40-43(57-50(63)66-52(9,10)11)21-20-41(44(37)40)46-45(55)47-42(26-56-46)48(60-29-38-18-19-39(30-60)62(38)51(64)67-53(12,13)14)59-49(58-47)65-31-54-24-35(7)27-61(54)28-36(8)25-54/h15-17,20-21,26,32-34,38-39H,7-8,18-19,24-25,27-31H2,1-6,9-14H3,(H,57,63). The van der Waals surface area contributed by atoms with Crippen LogP contribution in [0.3, 0.4) is 0 Å². The van der Waals surface area contributed by atoms with Crippen molar-refractivity contribution in [3.63, 3.8) is 0 Å². The van der Waals surface area contributed by atoms with Crippen molar-refractivity contribution in [3.05, 3.63) is 72.2 Å². The molecule has 8 rings (SSSR count). The molecule has 4 aliphatic heterocycles. The Morgan fingerprint density at radius 1 is 0.882 bits per heavy atom. The SMILES string of the molecule is C=C1CN2CC(=C)CC2(COc2nc(N3CC4CCC(C3)N4C(=O)OC(C)(C)C)c3cnc(-c4ccc(NC(=O)OC(C)(C)C)c5cccc(C#C[Si](C(C)C)(C(C)C)C(C)C)c45)c(F)c3n2)C1. The van der Waals surface area contributed by atoms with Crippen molar-refractivity contribution in [2.75, 3.05) is 43.0 Å². The largest absolute Gasteiger partial charge is 0.461 e. The molecular weight excluding hydrogens is 874 g/mol. The van der Waals surface area contributed by atoms with Crippen molar-refractivity contribution >= 4 is 53.4 Å². The summed E-state index contributed by atoms with van der Waals surface area (Å²) in [5.41, 5.74) is 7.46. The number of carbonyl (C=O) groups is 2. The molecule has 6 heterocycles. The number of halogens is 1. The first-order chi connectivity index (χ1) is 31.9. The fourth-order valence-electron chi connectivity index (χ4n) is 11.7. The van der Waals surface area contributed by atoms with Crippen LogP contribution in [0.5, 0.6) is 6.01 Å². The molecule has 2 amide bonds. The summed E-state index contributed by atoms with van der Waals surface area (Å²) < 4.78 is 36.2. The number of rotatable bonds is 9. The molecule has 2 bridgehead atoms. The van der Waals surface area contributed by atoms with Gasteiger partial charge < -0.3 is 19.1 Å². The number of pyridine rings is 1. The van der Waals surface area contributed by atoms with Gasteiger partial charge in [-0.05, 0) is 102 Å². The van der Waals surface area contributed by atoms with Gasteiger partial charge in [0.2, 0.25) is 0 Å². The lowest BCUT2D eigenvalue weighted by Crippen LogP contribution is -2.57. The van der Waals surface area contributed by atoms with Crippen molar-refractivity contribution < 1.29 is 28.2 Å². The summed E-state index contributed by atoms with van der Waals surface area (Å²) in [6.45, 7) is 36.1. The monoisotopic (exact) mass is 944 g/mol. The molecule has 14 heteroatoms. The quantitative estimate of drug-likeness (QED) is 0.0986. The molecule has 0 aliphatic carbocycles. The summed E-state index contributed by atoms with van der Waals surface area (Å²) in [6, 6.07) is 9.14. The number of anilines is 2. The Morgan fingerprint density at radius 2 is 1.50 bits per heavy atom. The number of ether oxygens (including phenoxy) is 3. The number of hydrogen-bond donors (Lipinski definition) is 1. The van der Waals surface area contributed by atoms with Crippen LogP contribution >= 0.6 is 0 Å². The Morgan fingerprint density at radius 3 is 2.09 bits per heavy atom. The molecule has 2 atom stereocenters. The van der Waals surface area contributed by atoms with Gasteiger partial charge in [0.1, 0.15) is 42.9 Å². The summed E-state index contributed by atoms with van der Waals surface area (Å²) in [5, 5.41) is 4.71. The number of nitrogens with zero attached hydrogens (tertiary/aromatic N) is 6. The van der Waals surface area contributed by atoms with Gasteiger partial charge >= 0.3 is 18.2 Å².